The first kappa shape index (κ1) is 16.0. The number of fused-ring (bicyclic) bond motifs is 1. The average molecular weight is 343 g/mol. The molecule has 1 aliphatic heterocycles. The zero-order valence-corrected chi connectivity index (χ0v) is 14.2. The van der Waals surface area contributed by atoms with Crippen LogP contribution in [0.4, 0.5) is 5.82 Å². The lowest BCUT2D eigenvalue weighted by atomic mass is 10.0. The molecule has 0 bridgehead atoms. The Bertz CT molecular complexity index is 985. The van der Waals surface area contributed by atoms with Crippen molar-refractivity contribution < 1.29 is 4.79 Å². The van der Waals surface area contributed by atoms with Crippen molar-refractivity contribution >= 4 is 23.0 Å². The number of hydrogen-bond donors (Lipinski definition) is 0. The molecule has 0 saturated carbocycles. The van der Waals surface area contributed by atoms with Gasteiger partial charge in [0.2, 0.25) is 6.41 Å². The van der Waals surface area contributed by atoms with E-state index < -0.39 is 0 Å². The summed E-state index contributed by atoms with van der Waals surface area (Å²) in [5.41, 5.74) is 2.36. The number of carbonyl (C=O) groups excluding carboxylic acids is 1. The van der Waals surface area contributed by atoms with Crippen LogP contribution in [0.25, 0.3) is 22.0 Å². The lowest BCUT2D eigenvalue weighted by molar-refractivity contribution is -0.118. The van der Waals surface area contributed by atoms with Crippen LogP contribution in [0.5, 0.6) is 0 Å². The lowest BCUT2D eigenvalue weighted by Gasteiger charge is -2.33. The quantitative estimate of drug-likeness (QED) is 0.683. The van der Waals surface area contributed by atoms with Gasteiger partial charge in [0.1, 0.15) is 5.69 Å². The van der Waals surface area contributed by atoms with E-state index in [-0.39, 0.29) is 0 Å². The maximum absolute atomic E-state index is 10.9. The number of anilines is 1. The number of nitriles is 1. The maximum atomic E-state index is 10.9. The fourth-order valence-electron chi connectivity index (χ4n) is 3.28. The van der Waals surface area contributed by atoms with Crippen molar-refractivity contribution in [1.29, 1.82) is 5.26 Å². The maximum Gasteiger partial charge on any atom is 0.209 e. The predicted octanol–water partition coefficient (Wildman–Crippen LogP) is 2.45. The van der Waals surface area contributed by atoms with Gasteiger partial charge in [-0.15, -0.1) is 10.2 Å². The fraction of sp³-hybridized carbons (Fsp3) is 0.200. The van der Waals surface area contributed by atoms with Gasteiger partial charge in [0.15, 0.2) is 5.82 Å². The topological polar surface area (TPSA) is 73.1 Å². The SMILES string of the molecule is N#Cc1ccc(-c2nnc(N3CCN(C=O)CC3)c3ccccc23)cc1. The zero-order chi connectivity index (χ0) is 17.9. The summed E-state index contributed by atoms with van der Waals surface area (Å²) in [5, 5.41) is 20.0. The molecule has 6 nitrogen and oxygen atoms in total. The van der Waals surface area contributed by atoms with Crippen molar-refractivity contribution in [1.82, 2.24) is 15.1 Å². The van der Waals surface area contributed by atoms with E-state index >= 15 is 0 Å². The van der Waals surface area contributed by atoms with Crippen molar-refractivity contribution in [3.8, 4) is 17.3 Å². The van der Waals surface area contributed by atoms with E-state index in [1.807, 2.05) is 30.3 Å². The highest BCUT2D eigenvalue weighted by Gasteiger charge is 2.20. The van der Waals surface area contributed by atoms with Gasteiger partial charge in [-0.3, -0.25) is 4.79 Å². The van der Waals surface area contributed by atoms with Crippen LogP contribution in [0.3, 0.4) is 0 Å². The van der Waals surface area contributed by atoms with Crippen LogP contribution in [-0.2, 0) is 4.79 Å². The number of amides is 1. The largest absolute Gasteiger partial charge is 0.351 e. The van der Waals surface area contributed by atoms with Gasteiger partial charge in [0.25, 0.3) is 0 Å². The van der Waals surface area contributed by atoms with Gasteiger partial charge in [-0.25, -0.2) is 0 Å². The van der Waals surface area contributed by atoms with E-state index in [1.54, 1.807) is 17.0 Å². The van der Waals surface area contributed by atoms with E-state index in [2.05, 4.69) is 27.2 Å². The Hall–Kier alpha value is -3.46. The third-order valence-electron chi connectivity index (χ3n) is 4.72. The molecule has 0 atom stereocenters. The first-order chi connectivity index (χ1) is 12.8. The Morgan fingerprint density at radius 3 is 2.27 bits per heavy atom. The molecular weight excluding hydrogens is 326 g/mol. The molecule has 128 valence electrons. The fourth-order valence-corrected chi connectivity index (χ4v) is 3.28. The molecule has 2 heterocycles. The van der Waals surface area contributed by atoms with Crippen LogP contribution < -0.4 is 4.90 Å². The standard InChI is InChI=1S/C20H17N5O/c21-13-15-5-7-16(8-6-15)19-17-3-1-2-4-18(17)20(23-22-19)25-11-9-24(14-26)10-12-25/h1-8,14H,9-12H2. The molecule has 1 aliphatic rings. The molecular formula is C20H17N5O. The Morgan fingerprint density at radius 2 is 1.62 bits per heavy atom. The van der Waals surface area contributed by atoms with Crippen LogP contribution in [0, 0.1) is 11.3 Å². The van der Waals surface area contributed by atoms with Crippen molar-refractivity contribution in [3.63, 3.8) is 0 Å². The van der Waals surface area contributed by atoms with E-state index in [1.165, 1.54) is 0 Å². The van der Waals surface area contributed by atoms with Crippen molar-refractivity contribution in [3.05, 3.63) is 54.1 Å². The molecule has 0 unspecified atom stereocenters. The van der Waals surface area contributed by atoms with Crippen LogP contribution in [0.15, 0.2) is 48.5 Å². The second-order valence-corrected chi connectivity index (χ2v) is 6.24. The molecule has 1 amide bonds. The first-order valence-corrected chi connectivity index (χ1v) is 8.50. The van der Waals surface area contributed by atoms with E-state index in [0.29, 0.717) is 18.7 Å². The normalized spacial score (nSPS) is 14.3. The number of nitrogens with zero attached hydrogens (tertiary/aromatic N) is 5. The molecule has 0 aliphatic carbocycles. The van der Waals surface area contributed by atoms with Crippen molar-refractivity contribution in [2.75, 3.05) is 31.1 Å². The van der Waals surface area contributed by atoms with Crippen molar-refractivity contribution in [2.24, 2.45) is 0 Å². The Labute approximate surface area is 151 Å². The summed E-state index contributed by atoms with van der Waals surface area (Å²) >= 11 is 0. The van der Waals surface area contributed by atoms with Gasteiger partial charge in [-0.2, -0.15) is 5.26 Å². The third kappa shape index (κ3) is 2.84. The number of rotatable bonds is 3. The molecule has 6 heteroatoms. The molecule has 1 saturated heterocycles. The molecule has 2 aromatic carbocycles. The van der Waals surface area contributed by atoms with Crippen LogP contribution in [0.2, 0.25) is 0 Å². The number of aromatic nitrogens is 2. The number of benzene rings is 2. The number of hydrogen-bond acceptors (Lipinski definition) is 5. The highest BCUT2D eigenvalue weighted by Crippen LogP contribution is 2.31. The second kappa shape index (κ2) is 6.81. The van der Waals surface area contributed by atoms with E-state index in [0.717, 1.165) is 47.3 Å². The minimum Gasteiger partial charge on any atom is -0.351 e. The molecule has 4 rings (SSSR count). The highest BCUT2D eigenvalue weighted by atomic mass is 16.1. The van der Waals surface area contributed by atoms with Gasteiger partial charge >= 0.3 is 0 Å². The molecule has 0 radical (unpaired) electrons. The monoisotopic (exact) mass is 343 g/mol. The summed E-state index contributed by atoms with van der Waals surface area (Å²) < 4.78 is 0. The Kier molecular flexibility index (Phi) is 4.20. The number of piperazine rings is 1. The molecule has 1 aromatic heterocycles. The highest BCUT2D eigenvalue weighted by molar-refractivity contribution is 6.00. The van der Waals surface area contributed by atoms with Crippen LogP contribution >= 0.6 is 0 Å². The molecule has 26 heavy (non-hydrogen) atoms. The summed E-state index contributed by atoms with van der Waals surface area (Å²) in [7, 11) is 0. The summed E-state index contributed by atoms with van der Waals surface area (Å²) in [6, 6.07) is 17.6. The predicted molar refractivity (Wildman–Crippen MR) is 99.5 cm³/mol. The summed E-state index contributed by atoms with van der Waals surface area (Å²) in [6.07, 6.45) is 0.898. The van der Waals surface area contributed by atoms with Gasteiger partial charge in [0, 0.05) is 42.5 Å². The Balaban J connectivity index is 1.76. The van der Waals surface area contributed by atoms with Gasteiger partial charge in [0.05, 0.1) is 11.6 Å². The summed E-state index contributed by atoms with van der Waals surface area (Å²) in [4.78, 5) is 14.9. The summed E-state index contributed by atoms with van der Waals surface area (Å²) in [6.45, 7) is 2.87. The molecule has 1 fully saturated rings. The lowest BCUT2D eigenvalue weighted by Crippen LogP contribution is -2.46. The molecule has 3 aromatic rings. The molecule has 0 spiro atoms. The van der Waals surface area contributed by atoms with Gasteiger partial charge in [-0.1, -0.05) is 36.4 Å². The average Bonchev–Trinajstić information content (AvgIpc) is 2.73. The van der Waals surface area contributed by atoms with E-state index in [4.69, 9.17) is 5.26 Å². The minimum absolute atomic E-state index is 0.621. The zero-order valence-electron chi connectivity index (χ0n) is 14.2. The first-order valence-electron chi connectivity index (χ1n) is 8.50. The van der Waals surface area contributed by atoms with Crippen LogP contribution in [-0.4, -0.2) is 47.7 Å². The smallest absolute Gasteiger partial charge is 0.209 e. The van der Waals surface area contributed by atoms with Gasteiger partial charge in [-0.05, 0) is 12.1 Å². The van der Waals surface area contributed by atoms with Crippen LogP contribution in [0.1, 0.15) is 5.56 Å². The minimum atomic E-state index is 0.621. The van der Waals surface area contributed by atoms with Crippen molar-refractivity contribution in [2.45, 2.75) is 0 Å². The van der Waals surface area contributed by atoms with Gasteiger partial charge < -0.3 is 9.80 Å². The Morgan fingerprint density at radius 1 is 0.923 bits per heavy atom. The number of carbonyl (C=O) groups is 1. The van der Waals surface area contributed by atoms with E-state index in [9.17, 15) is 4.79 Å². The second-order valence-electron chi connectivity index (χ2n) is 6.24. The third-order valence-corrected chi connectivity index (χ3v) is 4.72. The summed E-state index contributed by atoms with van der Waals surface area (Å²) in [5.74, 6) is 0.851. The molecule has 0 N–H and O–H groups in total.